The van der Waals surface area contributed by atoms with Gasteiger partial charge in [0.2, 0.25) is 5.91 Å². The Morgan fingerprint density at radius 1 is 1.31 bits per heavy atom. The Morgan fingerprint density at radius 3 is 2.50 bits per heavy atom. The maximum atomic E-state index is 11.8. The van der Waals surface area contributed by atoms with Gasteiger partial charge in [-0.05, 0) is 30.9 Å². The van der Waals surface area contributed by atoms with Crippen LogP contribution in [0.3, 0.4) is 0 Å². The van der Waals surface area contributed by atoms with Crippen molar-refractivity contribution in [3.8, 4) is 0 Å². The number of carbonyl (C=O) groups excluding carboxylic acids is 1. The SMILES string of the molecule is O=C(CCl)N(CC1CCC1)c1ccccc1. The fraction of sp³-hybridized carbons (Fsp3) is 0.462. The quantitative estimate of drug-likeness (QED) is 0.737. The summed E-state index contributed by atoms with van der Waals surface area (Å²) in [7, 11) is 0. The van der Waals surface area contributed by atoms with E-state index < -0.39 is 0 Å². The highest BCUT2D eigenvalue weighted by molar-refractivity contribution is 6.29. The molecule has 3 heteroatoms. The first kappa shape index (κ1) is 11.5. The average Bonchev–Trinajstić information content (AvgIpc) is 2.28. The largest absolute Gasteiger partial charge is 0.311 e. The molecule has 2 rings (SSSR count). The van der Waals surface area contributed by atoms with Crippen LogP contribution in [0.15, 0.2) is 30.3 Å². The number of carbonyl (C=O) groups is 1. The van der Waals surface area contributed by atoms with Crippen LogP contribution in [-0.2, 0) is 4.79 Å². The van der Waals surface area contributed by atoms with Gasteiger partial charge in [-0.3, -0.25) is 4.79 Å². The molecule has 0 N–H and O–H groups in total. The molecule has 0 heterocycles. The first-order valence-electron chi connectivity index (χ1n) is 5.72. The van der Waals surface area contributed by atoms with E-state index in [-0.39, 0.29) is 11.8 Å². The van der Waals surface area contributed by atoms with Gasteiger partial charge < -0.3 is 4.90 Å². The molecular formula is C13H16ClNO. The highest BCUT2D eigenvalue weighted by Crippen LogP contribution is 2.29. The molecule has 0 unspecified atom stereocenters. The van der Waals surface area contributed by atoms with E-state index in [1.165, 1.54) is 19.3 Å². The van der Waals surface area contributed by atoms with Crippen LogP contribution >= 0.6 is 11.6 Å². The molecule has 0 bridgehead atoms. The molecule has 1 saturated carbocycles. The predicted molar refractivity (Wildman–Crippen MR) is 66.9 cm³/mol. The van der Waals surface area contributed by atoms with Crippen LogP contribution < -0.4 is 4.90 Å². The average molecular weight is 238 g/mol. The zero-order chi connectivity index (χ0) is 11.4. The third-order valence-electron chi connectivity index (χ3n) is 3.15. The van der Waals surface area contributed by atoms with Gasteiger partial charge in [0.15, 0.2) is 0 Å². The van der Waals surface area contributed by atoms with Gasteiger partial charge in [-0.1, -0.05) is 24.6 Å². The van der Waals surface area contributed by atoms with E-state index in [1.807, 2.05) is 35.2 Å². The second kappa shape index (κ2) is 5.35. The van der Waals surface area contributed by atoms with Crippen molar-refractivity contribution in [1.82, 2.24) is 0 Å². The minimum Gasteiger partial charge on any atom is -0.311 e. The molecule has 1 aromatic rings. The maximum Gasteiger partial charge on any atom is 0.241 e. The first-order valence-corrected chi connectivity index (χ1v) is 6.26. The zero-order valence-corrected chi connectivity index (χ0v) is 9.99. The lowest BCUT2D eigenvalue weighted by Gasteiger charge is -2.32. The third-order valence-corrected chi connectivity index (χ3v) is 3.38. The summed E-state index contributed by atoms with van der Waals surface area (Å²) in [4.78, 5) is 13.6. The monoisotopic (exact) mass is 237 g/mol. The minimum atomic E-state index is -0.000216. The number of rotatable bonds is 4. The fourth-order valence-electron chi connectivity index (χ4n) is 1.96. The Kier molecular flexibility index (Phi) is 3.83. The van der Waals surface area contributed by atoms with Crippen molar-refractivity contribution < 1.29 is 4.79 Å². The number of amides is 1. The van der Waals surface area contributed by atoms with Gasteiger partial charge in [-0.2, -0.15) is 0 Å². The molecule has 86 valence electrons. The van der Waals surface area contributed by atoms with E-state index in [2.05, 4.69) is 0 Å². The van der Waals surface area contributed by atoms with Crippen LogP contribution in [0.4, 0.5) is 5.69 Å². The van der Waals surface area contributed by atoms with Crippen LogP contribution in [0.25, 0.3) is 0 Å². The van der Waals surface area contributed by atoms with E-state index in [4.69, 9.17) is 11.6 Å². The normalized spacial score (nSPS) is 15.6. The Balaban J connectivity index is 2.10. The number of hydrogen-bond acceptors (Lipinski definition) is 1. The summed E-state index contributed by atoms with van der Waals surface area (Å²) < 4.78 is 0. The van der Waals surface area contributed by atoms with Gasteiger partial charge in [0.1, 0.15) is 5.88 Å². The number of alkyl halides is 1. The van der Waals surface area contributed by atoms with E-state index in [1.54, 1.807) is 0 Å². The Hall–Kier alpha value is -1.02. The van der Waals surface area contributed by atoms with Crippen molar-refractivity contribution in [2.24, 2.45) is 5.92 Å². The molecule has 0 aliphatic heterocycles. The fourth-order valence-corrected chi connectivity index (χ4v) is 2.11. The molecule has 1 aliphatic carbocycles. The van der Waals surface area contributed by atoms with E-state index in [0.717, 1.165) is 12.2 Å². The first-order chi connectivity index (χ1) is 7.81. The lowest BCUT2D eigenvalue weighted by molar-refractivity contribution is -0.116. The molecule has 0 radical (unpaired) electrons. The lowest BCUT2D eigenvalue weighted by Crippen LogP contribution is -2.38. The summed E-state index contributed by atoms with van der Waals surface area (Å²) in [6.45, 7) is 0.815. The van der Waals surface area contributed by atoms with Crippen LogP contribution in [0.5, 0.6) is 0 Å². The summed E-state index contributed by atoms with van der Waals surface area (Å²) in [6, 6.07) is 9.78. The van der Waals surface area contributed by atoms with Gasteiger partial charge in [0, 0.05) is 12.2 Å². The van der Waals surface area contributed by atoms with Crippen molar-refractivity contribution in [3.05, 3.63) is 30.3 Å². The molecule has 1 aromatic carbocycles. The topological polar surface area (TPSA) is 20.3 Å². The van der Waals surface area contributed by atoms with E-state index in [0.29, 0.717) is 5.92 Å². The molecule has 0 aromatic heterocycles. The molecule has 2 nitrogen and oxygen atoms in total. The molecule has 0 spiro atoms. The summed E-state index contributed by atoms with van der Waals surface area (Å²) in [5.41, 5.74) is 0.958. The second-order valence-corrected chi connectivity index (χ2v) is 4.54. The van der Waals surface area contributed by atoms with Gasteiger partial charge in [-0.15, -0.1) is 11.6 Å². The van der Waals surface area contributed by atoms with Crippen molar-refractivity contribution in [3.63, 3.8) is 0 Å². The van der Waals surface area contributed by atoms with Gasteiger partial charge >= 0.3 is 0 Å². The van der Waals surface area contributed by atoms with Crippen LogP contribution in [0, 0.1) is 5.92 Å². The summed E-state index contributed by atoms with van der Waals surface area (Å²) in [5, 5.41) is 0. The molecule has 1 fully saturated rings. The summed E-state index contributed by atoms with van der Waals surface area (Å²) >= 11 is 5.65. The number of anilines is 1. The van der Waals surface area contributed by atoms with Crippen LogP contribution in [0.1, 0.15) is 19.3 Å². The van der Waals surface area contributed by atoms with Crippen molar-refractivity contribution >= 4 is 23.2 Å². The van der Waals surface area contributed by atoms with Crippen LogP contribution in [-0.4, -0.2) is 18.3 Å². The van der Waals surface area contributed by atoms with Crippen molar-refractivity contribution in [2.75, 3.05) is 17.3 Å². The summed E-state index contributed by atoms with van der Waals surface area (Å²) in [6.07, 6.45) is 3.76. The minimum absolute atomic E-state index is 0.000216. The molecule has 0 atom stereocenters. The Bertz CT molecular complexity index is 348. The highest BCUT2D eigenvalue weighted by atomic mass is 35.5. The van der Waals surface area contributed by atoms with E-state index >= 15 is 0 Å². The smallest absolute Gasteiger partial charge is 0.241 e. The second-order valence-electron chi connectivity index (χ2n) is 4.27. The Morgan fingerprint density at radius 2 is 2.00 bits per heavy atom. The molecular weight excluding hydrogens is 222 g/mol. The third kappa shape index (κ3) is 2.56. The summed E-state index contributed by atoms with van der Waals surface area (Å²) in [5.74, 6) is 0.717. The lowest BCUT2D eigenvalue weighted by atomic mass is 9.85. The highest BCUT2D eigenvalue weighted by Gasteiger charge is 2.23. The standard InChI is InChI=1S/C13H16ClNO/c14-9-13(16)15(10-11-5-4-6-11)12-7-2-1-3-8-12/h1-3,7-8,11H,4-6,9-10H2. The molecule has 1 amide bonds. The van der Waals surface area contributed by atoms with Gasteiger partial charge in [0.05, 0.1) is 0 Å². The van der Waals surface area contributed by atoms with Crippen molar-refractivity contribution in [2.45, 2.75) is 19.3 Å². The molecule has 1 aliphatic rings. The zero-order valence-electron chi connectivity index (χ0n) is 9.23. The van der Waals surface area contributed by atoms with Gasteiger partial charge in [0.25, 0.3) is 0 Å². The van der Waals surface area contributed by atoms with Crippen molar-refractivity contribution in [1.29, 1.82) is 0 Å². The molecule has 0 saturated heterocycles. The number of benzene rings is 1. The predicted octanol–water partition coefficient (Wildman–Crippen LogP) is 3.06. The Labute approximate surface area is 101 Å². The number of hydrogen-bond donors (Lipinski definition) is 0. The maximum absolute atomic E-state index is 11.8. The molecule has 16 heavy (non-hydrogen) atoms. The van der Waals surface area contributed by atoms with Crippen LogP contribution in [0.2, 0.25) is 0 Å². The van der Waals surface area contributed by atoms with E-state index in [9.17, 15) is 4.79 Å². The van der Waals surface area contributed by atoms with Gasteiger partial charge in [-0.25, -0.2) is 0 Å². The number of para-hydroxylation sites is 1. The number of nitrogens with zero attached hydrogens (tertiary/aromatic N) is 1. The number of halogens is 1.